The molecule has 0 atom stereocenters. The van der Waals surface area contributed by atoms with E-state index in [0.717, 1.165) is 22.2 Å². The van der Waals surface area contributed by atoms with E-state index in [0.29, 0.717) is 0 Å². The summed E-state index contributed by atoms with van der Waals surface area (Å²) in [6.07, 6.45) is 0.900. The number of nitrogens with zero attached hydrogens (tertiary/aromatic N) is 2. The summed E-state index contributed by atoms with van der Waals surface area (Å²) in [5, 5.41) is 2.89. The van der Waals surface area contributed by atoms with Crippen LogP contribution in [0, 0.1) is 3.57 Å². The molecule has 0 aromatic heterocycles. The Morgan fingerprint density at radius 3 is 2.43 bits per heavy atom. The van der Waals surface area contributed by atoms with Crippen LogP contribution in [0.1, 0.15) is 13.3 Å². The lowest BCUT2D eigenvalue weighted by Crippen LogP contribution is -2.41. The second-order valence-corrected chi connectivity index (χ2v) is 6.19. The number of rotatable bonds is 7. The van der Waals surface area contributed by atoms with Gasteiger partial charge < -0.3 is 10.2 Å². The van der Waals surface area contributed by atoms with E-state index in [4.69, 9.17) is 0 Å². The quantitative estimate of drug-likeness (QED) is 0.709. The smallest absolute Gasteiger partial charge is 0.238 e. The third-order valence-corrected chi connectivity index (χ3v) is 3.85. The standard InChI is InChI=1S/C15H22IN3O2/c1-4-9-19(11-15(21)18(2)3)10-14(20)17-13-8-6-5-7-12(13)16/h5-8H,4,9-11H2,1-3H3,(H,17,20). The van der Waals surface area contributed by atoms with Crippen LogP contribution in [0.25, 0.3) is 0 Å². The summed E-state index contributed by atoms with van der Waals surface area (Å²) in [7, 11) is 3.44. The van der Waals surface area contributed by atoms with Gasteiger partial charge in [-0.15, -0.1) is 0 Å². The number of nitrogens with one attached hydrogen (secondary N) is 1. The van der Waals surface area contributed by atoms with Gasteiger partial charge in [-0.3, -0.25) is 14.5 Å². The molecule has 0 aliphatic carbocycles. The molecular formula is C15H22IN3O2. The second-order valence-electron chi connectivity index (χ2n) is 5.03. The average Bonchev–Trinajstić information content (AvgIpc) is 2.41. The Labute approximate surface area is 139 Å². The molecule has 0 aliphatic heterocycles. The number of benzene rings is 1. The highest BCUT2D eigenvalue weighted by Gasteiger charge is 2.15. The Morgan fingerprint density at radius 2 is 1.86 bits per heavy atom. The lowest BCUT2D eigenvalue weighted by Gasteiger charge is -2.22. The highest BCUT2D eigenvalue weighted by Crippen LogP contribution is 2.16. The zero-order valence-corrected chi connectivity index (χ0v) is 14.9. The van der Waals surface area contributed by atoms with Gasteiger partial charge in [0.1, 0.15) is 0 Å². The van der Waals surface area contributed by atoms with E-state index in [1.54, 1.807) is 19.0 Å². The van der Waals surface area contributed by atoms with E-state index in [-0.39, 0.29) is 24.9 Å². The van der Waals surface area contributed by atoms with Crippen molar-refractivity contribution >= 4 is 40.1 Å². The summed E-state index contributed by atoms with van der Waals surface area (Å²) in [6, 6.07) is 7.62. The van der Waals surface area contributed by atoms with Gasteiger partial charge in [0.15, 0.2) is 0 Å². The van der Waals surface area contributed by atoms with Crippen LogP contribution in [0.5, 0.6) is 0 Å². The second kappa shape index (κ2) is 8.99. The molecular weight excluding hydrogens is 381 g/mol. The molecule has 0 heterocycles. The van der Waals surface area contributed by atoms with Crippen molar-refractivity contribution in [3.05, 3.63) is 27.8 Å². The predicted molar refractivity (Wildman–Crippen MR) is 93.2 cm³/mol. The van der Waals surface area contributed by atoms with Gasteiger partial charge in [0.25, 0.3) is 0 Å². The van der Waals surface area contributed by atoms with Crippen LogP contribution in [0.3, 0.4) is 0 Å². The highest BCUT2D eigenvalue weighted by atomic mass is 127. The van der Waals surface area contributed by atoms with Gasteiger partial charge in [-0.05, 0) is 47.7 Å². The number of carbonyl (C=O) groups is 2. The van der Waals surface area contributed by atoms with Crippen molar-refractivity contribution in [3.63, 3.8) is 0 Å². The Hall–Kier alpha value is -1.15. The first-order valence-corrected chi connectivity index (χ1v) is 7.98. The fraction of sp³-hybridized carbons (Fsp3) is 0.467. The normalized spacial score (nSPS) is 10.5. The Balaban J connectivity index is 2.60. The first kappa shape index (κ1) is 17.9. The van der Waals surface area contributed by atoms with Gasteiger partial charge in [-0.1, -0.05) is 19.1 Å². The molecule has 0 saturated heterocycles. The largest absolute Gasteiger partial charge is 0.348 e. The Kier molecular flexibility index (Phi) is 7.66. The summed E-state index contributed by atoms with van der Waals surface area (Å²) < 4.78 is 0.995. The molecule has 0 aliphatic rings. The van der Waals surface area contributed by atoms with Crippen molar-refractivity contribution in [3.8, 4) is 0 Å². The molecule has 1 aromatic rings. The van der Waals surface area contributed by atoms with Crippen molar-refractivity contribution in [2.75, 3.05) is 39.0 Å². The maximum Gasteiger partial charge on any atom is 0.238 e. The van der Waals surface area contributed by atoms with Gasteiger partial charge in [0.2, 0.25) is 11.8 Å². The summed E-state index contributed by atoms with van der Waals surface area (Å²) >= 11 is 2.18. The first-order valence-electron chi connectivity index (χ1n) is 6.91. The van der Waals surface area contributed by atoms with Crippen LogP contribution in [0.2, 0.25) is 0 Å². The van der Waals surface area contributed by atoms with Crippen molar-refractivity contribution < 1.29 is 9.59 Å². The first-order chi connectivity index (χ1) is 9.93. The lowest BCUT2D eigenvalue weighted by molar-refractivity contribution is -0.130. The van der Waals surface area contributed by atoms with Crippen molar-refractivity contribution in [2.24, 2.45) is 0 Å². The molecule has 1 N–H and O–H groups in total. The Morgan fingerprint density at radius 1 is 1.19 bits per heavy atom. The monoisotopic (exact) mass is 403 g/mol. The molecule has 0 unspecified atom stereocenters. The molecule has 1 aromatic carbocycles. The average molecular weight is 403 g/mol. The summed E-state index contributed by atoms with van der Waals surface area (Å²) in [5.74, 6) is -0.0929. The van der Waals surface area contributed by atoms with Crippen LogP contribution < -0.4 is 5.32 Å². The number of likely N-dealkylation sites (N-methyl/N-ethyl adjacent to an activating group) is 1. The van der Waals surface area contributed by atoms with E-state index in [2.05, 4.69) is 27.9 Å². The van der Waals surface area contributed by atoms with Gasteiger partial charge in [0, 0.05) is 17.7 Å². The molecule has 1 rings (SSSR count). The topological polar surface area (TPSA) is 52.7 Å². The molecule has 6 heteroatoms. The summed E-state index contributed by atoms with van der Waals surface area (Å²) in [6.45, 7) is 3.24. The summed E-state index contributed by atoms with van der Waals surface area (Å²) in [4.78, 5) is 27.3. The van der Waals surface area contributed by atoms with Gasteiger partial charge in [-0.25, -0.2) is 0 Å². The van der Waals surface area contributed by atoms with Gasteiger partial charge in [0.05, 0.1) is 18.8 Å². The number of amides is 2. The molecule has 5 nitrogen and oxygen atoms in total. The minimum atomic E-state index is -0.0980. The number of hydrogen-bond donors (Lipinski definition) is 1. The maximum atomic E-state index is 12.1. The summed E-state index contributed by atoms with van der Waals surface area (Å²) in [5.41, 5.74) is 0.804. The minimum absolute atomic E-state index is 0.00513. The number of carbonyl (C=O) groups excluding carboxylic acids is 2. The molecule has 0 fully saturated rings. The number of para-hydroxylation sites is 1. The van der Waals surface area contributed by atoms with E-state index in [9.17, 15) is 9.59 Å². The number of halogens is 1. The fourth-order valence-electron chi connectivity index (χ4n) is 1.82. The van der Waals surface area contributed by atoms with Crippen LogP contribution in [-0.4, -0.2) is 55.3 Å². The molecule has 21 heavy (non-hydrogen) atoms. The third kappa shape index (κ3) is 6.43. The minimum Gasteiger partial charge on any atom is -0.348 e. The molecule has 0 spiro atoms. The van der Waals surface area contributed by atoms with Crippen LogP contribution >= 0.6 is 22.6 Å². The maximum absolute atomic E-state index is 12.1. The predicted octanol–water partition coefficient (Wildman–Crippen LogP) is 2.03. The van der Waals surface area contributed by atoms with Crippen LogP contribution in [0.15, 0.2) is 24.3 Å². The molecule has 0 saturated carbocycles. The van der Waals surface area contributed by atoms with Crippen LogP contribution in [0.4, 0.5) is 5.69 Å². The van der Waals surface area contributed by atoms with Crippen LogP contribution in [-0.2, 0) is 9.59 Å². The number of hydrogen-bond acceptors (Lipinski definition) is 3. The fourth-order valence-corrected chi connectivity index (χ4v) is 2.34. The van der Waals surface area contributed by atoms with Crippen molar-refractivity contribution in [1.82, 2.24) is 9.80 Å². The molecule has 0 bridgehead atoms. The number of anilines is 1. The third-order valence-electron chi connectivity index (χ3n) is 2.91. The lowest BCUT2D eigenvalue weighted by atomic mass is 10.3. The van der Waals surface area contributed by atoms with Gasteiger partial charge >= 0.3 is 0 Å². The van der Waals surface area contributed by atoms with E-state index in [1.807, 2.05) is 36.1 Å². The molecule has 2 amide bonds. The van der Waals surface area contributed by atoms with Crippen molar-refractivity contribution in [1.29, 1.82) is 0 Å². The van der Waals surface area contributed by atoms with E-state index >= 15 is 0 Å². The van der Waals surface area contributed by atoms with E-state index in [1.165, 1.54) is 0 Å². The molecule has 116 valence electrons. The van der Waals surface area contributed by atoms with E-state index < -0.39 is 0 Å². The zero-order chi connectivity index (χ0) is 15.8. The highest BCUT2D eigenvalue weighted by molar-refractivity contribution is 14.1. The van der Waals surface area contributed by atoms with Gasteiger partial charge in [-0.2, -0.15) is 0 Å². The zero-order valence-electron chi connectivity index (χ0n) is 12.7. The van der Waals surface area contributed by atoms with Crippen molar-refractivity contribution in [2.45, 2.75) is 13.3 Å². The SMILES string of the molecule is CCCN(CC(=O)Nc1ccccc1I)CC(=O)N(C)C. The molecule has 0 radical (unpaired) electrons. The Bertz CT molecular complexity index is 492.